The zero-order chi connectivity index (χ0) is 13.8. The van der Waals surface area contributed by atoms with Crippen molar-refractivity contribution in [1.82, 2.24) is 0 Å². The molecule has 1 nitrogen and oxygen atoms in total. The van der Waals surface area contributed by atoms with E-state index in [2.05, 4.69) is 38.1 Å². The smallest absolute Gasteiger partial charge is 0.0408 e. The van der Waals surface area contributed by atoms with Gasteiger partial charge < -0.3 is 5.73 Å². The maximum absolute atomic E-state index is 6.04. The van der Waals surface area contributed by atoms with E-state index in [1.165, 1.54) is 22.3 Å². The minimum absolute atomic E-state index is 0.345. The van der Waals surface area contributed by atoms with Gasteiger partial charge in [-0.1, -0.05) is 53.1 Å². The summed E-state index contributed by atoms with van der Waals surface area (Å²) in [5.74, 6) is 0.345. The van der Waals surface area contributed by atoms with Gasteiger partial charge in [-0.25, -0.2) is 0 Å². The molecule has 0 saturated heterocycles. The van der Waals surface area contributed by atoms with Crippen molar-refractivity contribution in [2.75, 3.05) is 6.54 Å². The maximum atomic E-state index is 6.04. The molecule has 0 bridgehead atoms. The van der Waals surface area contributed by atoms with Gasteiger partial charge in [0.25, 0.3) is 0 Å². The summed E-state index contributed by atoms with van der Waals surface area (Å²) < 4.78 is 0. The Balaban J connectivity index is 2.24. The highest BCUT2D eigenvalue weighted by Crippen LogP contribution is 2.23. The monoisotopic (exact) mass is 273 g/mol. The Morgan fingerprint density at radius 3 is 2.32 bits per heavy atom. The molecule has 100 valence electrons. The van der Waals surface area contributed by atoms with Crippen LogP contribution in [0.25, 0.3) is 0 Å². The van der Waals surface area contributed by atoms with Gasteiger partial charge in [0, 0.05) is 10.9 Å². The van der Waals surface area contributed by atoms with E-state index in [1.807, 2.05) is 18.2 Å². The van der Waals surface area contributed by atoms with E-state index in [0.29, 0.717) is 12.5 Å². The van der Waals surface area contributed by atoms with Crippen LogP contribution in [0, 0.1) is 13.8 Å². The summed E-state index contributed by atoms with van der Waals surface area (Å²) in [6.45, 7) is 4.91. The van der Waals surface area contributed by atoms with Crippen LogP contribution in [0.2, 0.25) is 5.02 Å². The van der Waals surface area contributed by atoms with E-state index < -0.39 is 0 Å². The number of aryl methyl sites for hydroxylation is 2. The average molecular weight is 274 g/mol. The van der Waals surface area contributed by atoms with E-state index in [0.717, 1.165) is 11.4 Å². The molecule has 2 rings (SSSR count). The summed E-state index contributed by atoms with van der Waals surface area (Å²) in [5.41, 5.74) is 11.1. The lowest BCUT2D eigenvalue weighted by molar-refractivity contribution is 0.693. The summed E-state index contributed by atoms with van der Waals surface area (Å²) >= 11 is 6.04. The van der Waals surface area contributed by atoms with Crippen LogP contribution in [0.5, 0.6) is 0 Å². The van der Waals surface area contributed by atoms with Crippen molar-refractivity contribution < 1.29 is 0 Å². The topological polar surface area (TPSA) is 26.0 Å². The minimum Gasteiger partial charge on any atom is -0.330 e. The Morgan fingerprint density at radius 1 is 1.05 bits per heavy atom. The van der Waals surface area contributed by atoms with Crippen molar-refractivity contribution >= 4 is 11.6 Å². The molecule has 2 aromatic rings. The first kappa shape index (κ1) is 14.1. The third kappa shape index (κ3) is 3.82. The lowest BCUT2D eigenvalue weighted by atomic mass is 9.90. The second-order valence-corrected chi connectivity index (χ2v) is 5.62. The summed E-state index contributed by atoms with van der Waals surface area (Å²) in [6.07, 6.45) is 0.931. The zero-order valence-corrected chi connectivity index (χ0v) is 12.2. The molecule has 0 heterocycles. The van der Waals surface area contributed by atoms with Crippen LogP contribution in [0.4, 0.5) is 0 Å². The number of halogens is 1. The maximum Gasteiger partial charge on any atom is 0.0408 e. The van der Waals surface area contributed by atoms with Gasteiger partial charge in [0.05, 0.1) is 0 Å². The van der Waals surface area contributed by atoms with Gasteiger partial charge in [-0.2, -0.15) is 0 Å². The molecule has 0 radical (unpaired) electrons. The first-order valence-corrected chi connectivity index (χ1v) is 6.99. The lowest BCUT2D eigenvalue weighted by Crippen LogP contribution is -2.15. The van der Waals surface area contributed by atoms with Crippen molar-refractivity contribution in [3.63, 3.8) is 0 Å². The first-order valence-electron chi connectivity index (χ1n) is 6.61. The highest BCUT2D eigenvalue weighted by molar-refractivity contribution is 6.30. The van der Waals surface area contributed by atoms with Gasteiger partial charge in [-0.3, -0.25) is 0 Å². The molecular formula is C17H20ClN. The van der Waals surface area contributed by atoms with Crippen molar-refractivity contribution in [3.05, 3.63) is 69.7 Å². The molecule has 0 amide bonds. The van der Waals surface area contributed by atoms with Crippen LogP contribution in [-0.4, -0.2) is 6.54 Å². The second kappa shape index (κ2) is 6.23. The molecule has 19 heavy (non-hydrogen) atoms. The summed E-state index contributed by atoms with van der Waals surface area (Å²) in [7, 11) is 0. The minimum atomic E-state index is 0.345. The molecule has 0 aliphatic carbocycles. The van der Waals surface area contributed by atoms with Crippen LogP contribution in [-0.2, 0) is 6.42 Å². The van der Waals surface area contributed by atoms with Crippen molar-refractivity contribution in [3.8, 4) is 0 Å². The van der Waals surface area contributed by atoms with E-state index in [-0.39, 0.29) is 0 Å². The Labute approximate surface area is 120 Å². The molecule has 0 saturated carbocycles. The van der Waals surface area contributed by atoms with Crippen LogP contribution in [0.15, 0.2) is 42.5 Å². The second-order valence-electron chi connectivity index (χ2n) is 5.19. The van der Waals surface area contributed by atoms with Crippen molar-refractivity contribution in [2.24, 2.45) is 5.73 Å². The number of nitrogens with two attached hydrogens (primary N) is 1. The van der Waals surface area contributed by atoms with Crippen LogP contribution in [0.1, 0.15) is 28.2 Å². The largest absolute Gasteiger partial charge is 0.330 e. The predicted octanol–water partition coefficient (Wildman–Crippen LogP) is 4.24. The SMILES string of the molecule is Cc1cc(C)cc(C(CN)Cc2cccc(Cl)c2)c1. The number of hydrogen-bond donors (Lipinski definition) is 1. The number of rotatable bonds is 4. The van der Waals surface area contributed by atoms with E-state index in [1.54, 1.807) is 0 Å². The quantitative estimate of drug-likeness (QED) is 0.886. The zero-order valence-electron chi connectivity index (χ0n) is 11.5. The Morgan fingerprint density at radius 2 is 1.74 bits per heavy atom. The fourth-order valence-electron chi connectivity index (χ4n) is 2.53. The molecule has 2 N–H and O–H groups in total. The van der Waals surface area contributed by atoms with Gasteiger partial charge in [-0.15, -0.1) is 0 Å². The molecule has 2 heteroatoms. The third-order valence-electron chi connectivity index (χ3n) is 3.37. The molecule has 1 unspecified atom stereocenters. The standard InChI is InChI=1S/C17H20ClN/c1-12-6-13(2)8-15(7-12)16(11-19)9-14-4-3-5-17(18)10-14/h3-8,10,16H,9,11,19H2,1-2H3. The molecule has 0 aliphatic rings. The Kier molecular flexibility index (Phi) is 4.62. The van der Waals surface area contributed by atoms with Gasteiger partial charge in [0.1, 0.15) is 0 Å². The number of hydrogen-bond acceptors (Lipinski definition) is 1. The molecule has 0 spiro atoms. The van der Waals surface area contributed by atoms with Gasteiger partial charge in [-0.05, 0) is 50.1 Å². The normalized spacial score (nSPS) is 12.4. The predicted molar refractivity (Wildman–Crippen MR) is 82.9 cm³/mol. The van der Waals surface area contributed by atoms with Crippen molar-refractivity contribution in [2.45, 2.75) is 26.2 Å². The molecule has 2 aromatic carbocycles. The fourth-order valence-corrected chi connectivity index (χ4v) is 2.74. The molecule has 1 atom stereocenters. The average Bonchev–Trinajstić information content (AvgIpc) is 2.34. The summed E-state index contributed by atoms with van der Waals surface area (Å²) in [6, 6.07) is 14.7. The fraction of sp³-hybridized carbons (Fsp3) is 0.294. The molecular weight excluding hydrogens is 254 g/mol. The van der Waals surface area contributed by atoms with Crippen LogP contribution >= 0.6 is 11.6 Å². The first-order chi connectivity index (χ1) is 9.08. The lowest BCUT2D eigenvalue weighted by Gasteiger charge is -2.17. The summed E-state index contributed by atoms with van der Waals surface area (Å²) in [4.78, 5) is 0. The van der Waals surface area contributed by atoms with E-state index >= 15 is 0 Å². The molecule has 0 aromatic heterocycles. The van der Waals surface area contributed by atoms with Crippen LogP contribution in [0.3, 0.4) is 0 Å². The van der Waals surface area contributed by atoms with Crippen molar-refractivity contribution in [1.29, 1.82) is 0 Å². The Hall–Kier alpha value is -1.31. The Bertz CT molecular complexity index is 543. The van der Waals surface area contributed by atoms with Gasteiger partial charge in [0.2, 0.25) is 0 Å². The van der Waals surface area contributed by atoms with E-state index in [4.69, 9.17) is 17.3 Å². The van der Waals surface area contributed by atoms with Gasteiger partial charge in [0.15, 0.2) is 0 Å². The highest BCUT2D eigenvalue weighted by Gasteiger charge is 2.11. The number of benzene rings is 2. The summed E-state index contributed by atoms with van der Waals surface area (Å²) in [5, 5.41) is 0.786. The third-order valence-corrected chi connectivity index (χ3v) is 3.61. The highest BCUT2D eigenvalue weighted by atomic mass is 35.5. The molecule has 0 aliphatic heterocycles. The van der Waals surface area contributed by atoms with E-state index in [9.17, 15) is 0 Å². The van der Waals surface area contributed by atoms with Gasteiger partial charge >= 0.3 is 0 Å². The van der Waals surface area contributed by atoms with Crippen LogP contribution < -0.4 is 5.73 Å². The molecule has 0 fully saturated rings.